The summed E-state index contributed by atoms with van der Waals surface area (Å²) in [5.74, 6) is 0.545. The first-order valence-corrected chi connectivity index (χ1v) is 8.82. The van der Waals surface area contributed by atoms with E-state index in [4.69, 9.17) is 0 Å². The van der Waals surface area contributed by atoms with Crippen molar-refractivity contribution in [3.8, 4) is 6.07 Å². The summed E-state index contributed by atoms with van der Waals surface area (Å²) in [6, 6.07) is 8.68. The Morgan fingerprint density at radius 3 is 2.85 bits per heavy atom. The molecule has 3 heteroatoms. The first-order valence-electron chi connectivity index (χ1n) is 7.61. The van der Waals surface area contributed by atoms with Crippen molar-refractivity contribution >= 4 is 10.8 Å². The molecule has 0 N–H and O–H groups in total. The van der Waals surface area contributed by atoms with E-state index in [1.54, 1.807) is 0 Å². The summed E-state index contributed by atoms with van der Waals surface area (Å²) in [6.07, 6.45) is 6.40. The maximum atomic E-state index is 12.9. The largest absolute Gasteiger partial charge is 0.254 e. The number of rotatable bonds is 2. The van der Waals surface area contributed by atoms with Crippen LogP contribution in [0.2, 0.25) is 0 Å². The van der Waals surface area contributed by atoms with Crippen LogP contribution >= 0.6 is 0 Å². The van der Waals surface area contributed by atoms with E-state index >= 15 is 0 Å². The number of nitriles is 1. The first-order chi connectivity index (χ1) is 9.69. The van der Waals surface area contributed by atoms with Crippen molar-refractivity contribution < 1.29 is 4.21 Å². The summed E-state index contributed by atoms with van der Waals surface area (Å²) in [5, 5.41) is 9.33. The molecule has 1 aromatic carbocycles. The summed E-state index contributed by atoms with van der Waals surface area (Å²) in [5.41, 5.74) is 2.79. The van der Waals surface area contributed by atoms with E-state index in [2.05, 4.69) is 25.1 Å². The topological polar surface area (TPSA) is 40.9 Å². The van der Waals surface area contributed by atoms with Gasteiger partial charge in [-0.25, -0.2) is 0 Å². The molecule has 3 rings (SSSR count). The molecule has 0 aromatic heterocycles. The Hall–Kier alpha value is -1.14. The van der Waals surface area contributed by atoms with Gasteiger partial charge in [-0.15, -0.1) is 0 Å². The Balaban J connectivity index is 1.85. The van der Waals surface area contributed by atoms with Crippen LogP contribution in [0.5, 0.6) is 0 Å². The monoisotopic (exact) mass is 287 g/mol. The second-order valence-corrected chi connectivity index (χ2v) is 7.95. The summed E-state index contributed by atoms with van der Waals surface area (Å²) in [6.45, 7) is 2.21. The van der Waals surface area contributed by atoms with E-state index in [1.807, 2.05) is 6.07 Å². The molecule has 4 unspecified atom stereocenters. The Morgan fingerprint density at radius 2 is 2.05 bits per heavy atom. The summed E-state index contributed by atoms with van der Waals surface area (Å²) >= 11 is 0. The predicted octanol–water partition coefficient (Wildman–Crippen LogP) is 3.61. The predicted molar refractivity (Wildman–Crippen MR) is 80.8 cm³/mol. The molecule has 0 spiro atoms. The van der Waals surface area contributed by atoms with Gasteiger partial charge in [0.25, 0.3) is 0 Å². The van der Waals surface area contributed by atoms with E-state index in [1.165, 1.54) is 17.5 Å². The molecule has 1 saturated carbocycles. The van der Waals surface area contributed by atoms with Crippen molar-refractivity contribution in [3.05, 3.63) is 29.3 Å². The van der Waals surface area contributed by atoms with Crippen LogP contribution in [0, 0.1) is 23.2 Å². The highest BCUT2D eigenvalue weighted by Gasteiger charge is 2.33. The minimum absolute atomic E-state index is 0.0169. The van der Waals surface area contributed by atoms with Gasteiger partial charge in [-0.3, -0.25) is 4.21 Å². The zero-order valence-corrected chi connectivity index (χ0v) is 12.8. The van der Waals surface area contributed by atoms with E-state index < -0.39 is 10.8 Å². The molecule has 0 bridgehead atoms. The van der Waals surface area contributed by atoms with Crippen LogP contribution in [-0.2, 0) is 23.6 Å². The third-order valence-electron chi connectivity index (χ3n) is 4.80. The lowest BCUT2D eigenvalue weighted by Crippen LogP contribution is -2.31. The molecule has 2 aliphatic rings. The molecule has 4 atom stereocenters. The number of hydrogen-bond acceptors (Lipinski definition) is 2. The smallest absolute Gasteiger partial charge is 0.0668 e. The van der Waals surface area contributed by atoms with Gasteiger partial charge in [0.05, 0.1) is 28.0 Å². The Morgan fingerprint density at radius 1 is 1.25 bits per heavy atom. The highest BCUT2D eigenvalue weighted by Crippen LogP contribution is 2.34. The third-order valence-corrected chi connectivity index (χ3v) is 6.59. The maximum Gasteiger partial charge on any atom is 0.0668 e. The van der Waals surface area contributed by atoms with Crippen LogP contribution in [0.1, 0.15) is 43.7 Å². The van der Waals surface area contributed by atoms with Crippen molar-refractivity contribution in [1.82, 2.24) is 0 Å². The Bertz CT molecular complexity index is 575. The van der Waals surface area contributed by atoms with Gasteiger partial charge in [0, 0.05) is 4.90 Å². The quantitative estimate of drug-likeness (QED) is 0.833. The SMILES string of the molecule is CC1CCC(C#N)C(S(=O)c2ccc3c(c2)CCC3)C1. The van der Waals surface area contributed by atoms with E-state index in [9.17, 15) is 9.47 Å². The van der Waals surface area contributed by atoms with Crippen LogP contribution in [0.25, 0.3) is 0 Å². The zero-order valence-electron chi connectivity index (χ0n) is 12.0. The number of aryl methyl sites for hydroxylation is 2. The minimum Gasteiger partial charge on any atom is -0.254 e. The van der Waals surface area contributed by atoms with Gasteiger partial charge >= 0.3 is 0 Å². The van der Waals surface area contributed by atoms with Gasteiger partial charge in [0.2, 0.25) is 0 Å². The van der Waals surface area contributed by atoms with Crippen LogP contribution in [-0.4, -0.2) is 9.46 Å². The summed E-state index contributed by atoms with van der Waals surface area (Å²) < 4.78 is 12.9. The number of hydrogen-bond donors (Lipinski definition) is 0. The van der Waals surface area contributed by atoms with E-state index in [0.717, 1.165) is 37.0 Å². The average molecular weight is 287 g/mol. The second kappa shape index (κ2) is 5.69. The van der Waals surface area contributed by atoms with Gasteiger partial charge in [0.15, 0.2) is 0 Å². The molecule has 20 heavy (non-hydrogen) atoms. The molecule has 2 aliphatic carbocycles. The van der Waals surface area contributed by atoms with Crippen molar-refractivity contribution in [3.63, 3.8) is 0 Å². The maximum absolute atomic E-state index is 12.9. The molecular weight excluding hydrogens is 266 g/mol. The highest BCUT2D eigenvalue weighted by atomic mass is 32.2. The molecule has 0 amide bonds. The van der Waals surface area contributed by atoms with Gasteiger partial charge < -0.3 is 0 Å². The fourth-order valence-electron chi connectivity index (χ4n) is 3.56. The lowest BCUT2D eigenvalue weighted by Gasteiger charge is -2.30. The van der Waals surface area contributed by atoms with Crippen molar-refractivity contribution in [2.75, 3.05) is 0 Å². The van der Waals surface area contributed by atoms with Crippen molar-refractivity contribution in [2.45, 2.75) is 55.6 Å². The van der Waals surface area contributed by atoms with Crippen molar-refractivity contribution in [2.24, 2.45) is 11.8 Å². The number of nitrogens with zero attached hydrogens (tertiary/aromatic N) is 1. The zero-order chi connectivity index (χ0) is 14.1. The lowest BCUT2D eigenvalue weighted by molar-refractivity contribution is 0.341. The molecule has 0 aliphatic heterocycles. The van der Waals surface area contributed by atoms with Crippen LogP contribution < -0.4 is 0 Å². The Labute approximate surface area is 123 Å². The third kappa shape index (κ3) is 2.54. The number of fused-ring (bicyclic) bond motifs is 1. The highest BCUT2D eigenvalue weighted by molar-refractivity contribution is 7.85. The normalized spacial score (nSPS) is 30.5. The average Bonchev–Trinajstić information content (AvgIpc) is 2.93. The number of benzene rings is 1. The van der Waals surface area contributed by atoms with Gasteiger partial charge in [0.1, 0.15) is 0 Å². The lowest BCUT2D eigenvalue weighted by atomic mass is 9.83. The molecule has 2 nitrogen and oxygen atoms in total. The first kappa shape index (κ1) is 13.8. The standard InChI is InChI=1S/C17H21NOS/c1-12-5-6-15(11-18)17(9-12)20(19)16-8-7-13-3-2-4-14(13)10-16/h7-8,10,12,15,17H,2-6,9H2,1H3. The summed E-state index contributed by atoms with van der Waals surface area (Å²) in [7, 11) is -1.04. The van der Waals surface area contributed by atoms with E-state index in [-0.39, 0.29) is 11.2 Å². The molecule has 1 fully saturated rings. The minimum atomic E-state index is -1.04. The molecule has 0 saturated heterocycles. The summed E-state index contributed by atoms with van der Waals surface area (Å²) in [4.78, 5) is 0.935. The van der Waals surface area contributed by atoms with Crippen LogP contribution in [0.15, 0.2) is 23.1 Å². The van der Waals surface area contributed by atoms with E-state index in [0.29, 0.717) is 5.92 Å². The second-order valence-electron chi connectivity index (χ2n) is 6.27. The van der Waals surface area contributed by atoms with Crippen LogP contribution in [0.4, 0.5) is 0 Å². The molecule has 106 valence electrons. The van der Waals surface area contributed by atoms with Crippen molar-refractivity contribution in [1.29, 1.82) is 5.26 Å². The van der Waals surface area contributed by atoms with Crippen LogP contribution in [0.3, 0.4) is 0 Å². The fourth-order valence-corrected chi connectivity index (χ4v) is 5.37. The molecule has 0 heterocycles. The van der Waals surface area contributed by atoms with Gasteiger partial charge in [-0.05, 0) is 67.7 Å². The molecule has 0 radical (unpaired) electrons. The van der Waals surface area contributed by atoms with Gasteiger partial charge in [-0.2, -0.15) is 5.26 Å². The van der Waals surface area contributed by atoms with Gasteiger partial charge in [-0.1, -0.05) is 13.0 Å². The molecule has 1 aromatic rings. The fraction of sp³-hybridized carbons (Fsp3) is 0.588. The molecular formula is C17H21NOS. The Kier molecular flexibility index (Phi) is 3.94.